The number of thiophene rings is 1. The maximum Gasteiger partial charge on any atom is 0.222 e. The van der Waals surface area contributed by atoms with Crippen molar-refractivity contribution in [3.05, 3.63) is 27.4 Å². The van der Waals surface area contributed by atoms with Crippen LogP contribution in [0, 0.1) is 6.92 Å². The number of aryl methyl sites for hydroxylation is 2. The van der Waals surface area contributed by atoms with Crippen LogP contribution in [-0.4, -0.2) is 48.8 Å². The third kappa shape index (κ3) is 3.87. The molecular weight excluding hydrogens is 364 g/mol. The number of carbonyl (C=O) groups is 1. The molecule has 0 bridgehead atoms. The molecule has 1 saturated heterocycles. The van der Waals surface area contributed by atoms with Crippen LogP contribution in [0.2, 0.25) is 0 Å². The van der Waals surface area contributed by atoms with Gasteiger partial charge in [-0.3, -0.25) is 4.79 Å². The van der Waals surface area contributed by atoms with Gasteiger partial charge in [0, 0.05) is 24.4 Å². The van der Waals surface area contributed by atoms with Gasteiger partial charge in [-0.25, -0.2) is 13.4 Å². The van der Waals surface area contributed by atoms with Gasteiger partial charge in [-0.05, 0) is 31.2 Å². The smallest absolute Gasteiger partial charge is 0.222 e. The van der Waals surface area contributed by atoms with Crippen LogP contribution in [0.4, 0.5) is 0 Å². The average Bonchev–Trinajstić information content (AvgIpc) is 3.23. The Balaban J connectivity index is 1.65. The Morgan fingerprint density at radius 3 is 2.88 bits per heavy atom. The van der Waals surface area contributed by atoms with E-state index in [-0.39, 0.29) is 23.5 Å². The number of aromatic nitrogens is 1. The van der Waals surface area contributed by atoms with Crippen LogP contribution >= 0.6 is 22.7 Å². The standard InChI is InChI=1S/C16H20N2O3S3/c1-11-17-16(13-4-3-8-22-13)14(23-11)5-6-15(19)18(2)12-7-9-24(20,21)10-12/h3-4,8,12H,5-7,9-10H2,1-2H3/t12-/m0/s1. The first kappa shape index (κ1) is 17.6. The molecule has 3 rings (SSSR count). The van der Waals surface area contributed by atoms with E-state index in [1.54, 1.807) is 34.6 Å². The molecule has 130 valence electrons. The first-order valence-corrected chi connectivity index (χ1v) is 11.3. The van der Waals surface area contributed by atoms with Crippen molar-refractivity contribution in [3.63, 3.8) is 0 Å². The topological polar surface area (TPSA) is 67.3 Å². The molecule has 0 spiro atoms. The molecule has 0 radical (unpaired) electrons. The fourth-order valence-electron chi connectivity index (χ4n) is 2.93. The molecule has 1 atom stereocenters. The Morgan fingerprint density at radius 1 is 1.46 bits per heavy atom. The van der Waals surface area contributed by atoms with E-state index in [9.17, 15) is 13.2 Å². The predicted molar refractivity (Wildman–Crippen MR) is 98.3 cm³/mol. The normalized spacial score (nSPS) is 19.5. The monoisotopic (exact) mass is 384 g/mol. The second-order valence-electron chi connectivity index (χ2n) is 6.04. The second kappa shape index (κ2) is 6.93. The highest BCUT2D eigenvalue weighted by Crippen LogP contribution is 2.32. The van der Waals surface area contributed by atoms with Crippen LogP contribution < -0.4 is 0 Å². The summed E-state index contributed by atoms with van der Waals surface area (Å²) in [5.74, 6) is 0.279. The highest BCUT2D eigenvalue weighted by Gasteiger charge is 2.32. The van der Waals surface area contributed by atoms with Crippen LogP contribution in [0.3, 0.4) is 0 Å². The van der Waals surface area contributed by atoms with Gasteiger partial charge in [0.1, 0.15) is 0 Å². The first-order chi connectivity index (χ1) is 11.4. The second-order valence-corrected chi connectivity index (χ2v) is 10.5. The maximum atomic E-state index is 12.4. The largest absolute Gasteiger partial charge is 0.342 e. The highest BCUT2D eigenvalue weighted by atomic mass is 32.2. The zero-order valence-electron chi connectivity index (χ0n) is 13.7. The Labute approximate surface area is 150 Å². The summed E-state index contributed by atoms with van der Waals surface area (Å²) in [6, 6.07) is 3.86. The molecule has 2 aromatic heterocycles. The molecule has 1 amide bonds. The van der Waals surface area contributed by atoms with Crippen molar-refractivity contribution in [3.8, 4) is 10.6 Å². The molecule has 0 aromatic carbocycles. The Morgan fingerprint density at radius 2 is 2.25 bits per heavy atom. The van der Waals surface area contributed by atoms with E-state index in [2.05, 4.69) is 4.98 Å². The molecule has 5 nitrogen and oxygen atoms in total. The lowest BCUT2D eigenvalue weighted by Gasteiger charge is -2.23. The molecule has 0 unspecified atom stereocenters. The fourth-order valence-corrected chi connectivity index (χ4v) is 6.46. The number of sulfone groups is 1. The third-order valence-electron chi connectivity index (χ3n) is 4.27. The van der Waals surface area contributed by atoms with Gasteiger partial charge in [0.15, 0.2) is 9.84 Å². The number of thiazole rings is 1. The van der Waals surface area contributed by atoms with Crippen LogP contribution in [0.5, 0.6) is 0 Å². The van der Waals surface area contributed by atoms with Crippen molar-refractivity contribution < 1.29 is 13.2 Å². The zero-order chi connectivity index (χ0) is 17.3. The number of carbonyl (C=O) groups excluding carboxylic acids is 1. The number of rotatable bonds is 5. The minimum absolute atomic E-state index is 0.000262. The Kier molecular flexibility index (Phi) is 5.08. The van der Waals surface area contributed by atoms with Gasteiger partial charge in [0.2, 0.25) is 5.91 Å². The number of hydrogen-bond acceptors (Lipinski definition) is 6. The number of amides is 1. The zero-order valence-corrected chi connectivity index (χ0v) is 16.1. The predicted octanol–water partition coefficient (Wildman–Crippen LogP) is 2.76. The lowest BCUT2D eigenvalue weighted by Crippen LogP contribution is -2.37. The summed E-state index contributed by atoms with van der Waals surface area (Å²) < 4.78 is 23.2. The first-order valence-electron chi connectivity index (χ1n) is 7.82. The van der Waals surface area contributed by atoms with Crippen molar-refractivity contribution in [1.29, 1.82) is 0 Å². The van der Waals surface area contributed by atoms with Crippen molar-refractivity contribution >= 4 is 38.4 Å². The molecule has 0 saturated carbocycles. The average molecular weight is 385 g/mol. The summed E-state index contributed by atoms with van der Waals surface area (Å²) in [5.41, 5.74) is 0.978. The Bertz CT molecular complexity index is 825. The summed E-state index contributed by atoms with van der Waals surface area (Å²) in [5, 5.41) is 3.02. The number of hydrogen-bond donors (Lipinski definition) is 0. The van der Waals surface area contributed by atoms with Crippen LogP contribution in [0.25, 0.3) is 10.6 Å². The quantitative estimate of drug-likeness (QED) is 0.795. The van der Waals surface area contributed by atoms with Gasteiger partial charge in [-0.15, -0.1) is 22.7 Å². The van der Waals surface area contributed by atoms with Crippen molar-refractivity contribution in [2.45, 2.75) is 32.2 Å². The lowest BCUT2D eigenvalue weighted by molar-refractivity contribution is -0.131. The summed E-state index contributed by atoms with van der Waals surface area (Å²) >= 11 is 3.27. The maximum absolute atomic E-state index is 12.4. The van der Waals surface area contributed by atoms with E-state index in [0.717, 1.165) is 20.5 Å². The summed E-state index contributed by atoms with van der Waals surface area (Å²) in [6.07, 6.45) is 1.57. The van der Waals surface area contributed by atoms with E-state index < -0.39 is 9.84 Å². The molecule has 1 fully saturated rings. The van der Waals surface area contributed by atoms with E-state index in [1.807, 2.05) is 24.4 Å². The minimum Gasteiger partial charge on any atom is -0.342 e. The van der Waals surface area contributed by atoms with Gasteiger partial charge < -0.3 is 4.90 Å². The Hall–Kier alpha value is -1.25. The molecule has 1 aliphatic rings. The van der Waals surface area contributed by atoms with E-state index >= 15 is 0 Å². The van der Waals surface area contributed by atoms with Gasteiger partial charge >= 0.3 is 0 Å². The molecule has 1 aliphatic heterocycles. The fraction of sp³-hybridized carbons (Fsp3) is 0.500. The van der Waals surface area contributed by atoms with E-state index in [4.69, 9.17) is 0 Å². The van der Waals surface area contributed by atoms with Crippen LogP contribution in [0.15, 0.2) is 17.5 Å². The summed E-state index contributed by atoms with van der Waals surface area (Å²) in [7, 11) is -1.26. The molecular formula is C16H20N2O3S3. The van der Waals surface area contributed by atoms with Crippen LogP contribution in [0.1, 0.15) is 22.7 Å². The molecule has 8 heteroatoms. The molecule has 0 N–H and O–H groups in total. The van der Waals surface area contributed by atoms with Gasteiger partial charge in [0.25, 0.3) is 0 Å². The summed E-state index contributed by atoms with van der Waals surface area (Å²) in [4.78, 5) is 20.9. The molecule has 3 heterocycles. The van der Waals surface area contributed by atoms with E-state index in [0.29, 0.717) is 19.3 Å². The van der Waals surface area contributed by atoms with Crippen molar-refractivity contribution in [1.82, 2.24) is 9.88 Å². The van der Waals surface area contributed by atoms with Crippen LogP contribution in [-0.2, 0) is 21.1 Å². The molecule has 24 heavy (non-hydrogen) atoms. The molecule has 2 aromatic rings. The van der Waals surface area contributed by atoms with Crippen molar-refractivity contribution in [2.75, 3.05) is 18.6 Å². The minimum atomic E-state index is -2.97. The van der Waals surface area contributed by atoms with Gasteiger partial charge in [-0.2, -0.15) is 0 Å². The van der Waals surface area contributed by atoms with Gasteiger partial charge in [0.05, 0.1) is 27.1 Å². The number of nitrogens with zero attached hydrogens (tertiary/aromatic N) is 2. The van der Waals surface area contributed by atoms with Crippen molar-refractivity contribution in [2.24, 2.45) is 0 Å². The highest BCUT2D eigenvalue weighted by molar-refractivity contribution is 7.91. The third-order valence-corrected chi connectivity index (χ3v) is 7.93. The summed E-state index contributed by atoms with van der Waals surface area (Å²) in [6.45, 7) is 1.97. The lowest BCUT2D eigenvalue weighted by atomic mass is 10.1. The SMILES string of the molecule is Cc1nc(-c2cccs2)c(CCC(=O)N(C)[C@H]2CCS(=O)(=O)C2)s1. The molecule has 0 aliphatic carbocycles. The van der Waals surface area contributed by atoms with Gasteiger partial charge in [-0.1, -0.05) is 6.07 Å². The van der Waals surface area contributed by atoms with E-state index in [1.165, 1.54) is 0 Å².